The van der Waals surface area contributed by atoms with Crippen molar-refractivity contribution in [3.05, 3.63) is 86.3 Å². The molecular weight excluding hydrogens is 605 g/mol. The molecule has 0 fully saturated rings. The van der Waals surface area contributed by atoms with Crippen LogP contribution in [0.4, 0.5) is 0 Å². The topological polar surface area (TPSA) is 131 Å². The van der Waals surface area contributed by atoms with Crippen LogP contribution in [-0.4, -0.2) is 30.4 Å². The molecule has 2 aromatic heterocycles. The molecule has 45 heavy (non-hydrogen) atoms. The molecule has 0 spiro atoms. The number of thiophene rings is 1. The largest absolute Gasteiger partial charge is 0.497 e. The molecule has 0 radical (unpaired) electrons. The highest BCUT2D eigenvalue weighted by atomic mass is 32.2. The SMILES string of the molecule is CCOC(=O)C1=C(CSc2nc3c(c(-c4ccc(OC)cc4)c2C#N)CC(C(C)(C)C)CC3)OC(N)=C(C#N)C1c1cccs1. The van der Waals surface area contributed by atoms with Crippen LogP contribution in [0.15, 0.2) is 69.6 Å². The maximum Gasteiger partial charge on any atom is 0.338 e. The van der Waals surface area contributed by atoms with Crippen molar-refractivity contribution in [3.63, 3.8) is 0 Å². The molecule has 2 unspecified atom stereocenters. The molecule has 1 aliphatic carbocycles. The molecule has 1 aromatic carbocycles. The maximum atomic E-state index is 13.4. The van der Waals surface area contributed by atoms with Gasteiger partial charge in [0.25, 0.3) is 0 Å². The predicted octanol–water partition coefficient (Wildman–Crippen LogP) is 7.26. The van der Waals surface area contributed by atoms with Crippen molar-refractivity contribution in [2.45, 2.75) is 57.9 Å². The van der Waals surface area contributed by atoms with E-state index in [4.69, 9.17) is 24.9 Å². The van der Waals surface area contributed by atoms with E-state index in [0.29, 0.717) is 16.5 Å². The quantitative estimate of drug-likeness (QED) is 0.200. The van der Waals surface area contributed by atoms with Crippen LogP contribution in [0, 0.1) is 34.0 Å². The molecule has 232 valence electrons. The number of allylic oxidation sites excluding steroid dienone is 1. The first-order valence-electron chi connectivity index (χ1n) is 14.8. The lowest BCUT2D eigenvalue weighted by Crippen LogP contribution is -2.28. The van der Waals surface area contributed by atoms with Crippen molar-refractivity contribution >= 4 is 29.1 Å². The van der Waals surface area contributed by atoms with Crippen LogP contribution < -0.4 is 10.5 Å². The van der Waals surface area contributed by atoms with Crippen molar-refractivity contribution in [2.24, 2.45) is 17.1 Å². The van der Waals surface area contributed by atoms with Crippen LogP contribution in [0.1, 0.15) is 61.7 Å². The van der Waals surface area contributed by atoms with Gasteiger partial charge in [0.15, 0.2) is 0 Å². The van der Waals surface area contributed by atoms with E-state index < -0.39 is 11.9 Å². The summed E-state index contributed by atoms with van der Waals surface area (Å²) in [4.78, 5) is 19.2. The summed E-state index contributed by atoms with van der Waals surface area (Å²) in [6, 6.07) is 16.1. The number of nitriles is 2. The molecule has 2 atom stereocenters. The van der Waals surface area contributed by atoms with E-state index in [2.05, 4.69) is 32.9 Å². The number of pyridine rings is 1. The Morgan fingerprint density at radius 1 is 1.20 bits per heavy atom. The van der Waals surface area contributed by atoms with Crippen molar-refractivity contribution in [1.82, 2.24) is 4.98 Å². The Kier molecular flexibility index (Phi) is 9.57. The van der Waals surface area contributed by atoms with Crippen molar-refractivity contribution < 1.29 is 19.0 Å². The van der Waals surface area contributed by atoms with Gasteiger partial charge in [0.2, 0.25) is 5.88 Å². The first kappa shape index (κ1) is 32.2. The van der Waals surface area contributed by atoms with Crippen LogP contribution in [-0.2, 0) is 27.1 Å². The number of thioether (sulfide) groups is 1. The molecule has 3 aromatic rings. The number of methoxy groups -OCH3 is 1. The van der Waals surface area contributed by atoms with Gasteiger partial charge in [-0.25, -0.2) is 9.78 Å². The van der Waals surface area contributed by atoms with Gasteiger partial charge in [-0.15, -0.1) is 11.3 Å². The normalized spacial score (nSPS) is 18.0. The van der Waals surface area contributed by atoms with Crippen LogP contribution in [0.2, 0.25) is 0 Å². The molecule has 0 saturated heterocycles. The molecule has 8 nitrogen and oxygen atoms in total. The lowest BCUT2D eigenvalue weighted by atomic mass is 9.70. The number of rotatable bonds is 8. The van der Waals surface area contributed by atoms with Crippen LogP contribution >= 0.6 is 23.1 Å². The Morgan fingerprint density at radius 3 is 2.56 bits per heavy atom. The summed E-state index contributed by atoms with van der Waals surface area (Å²) in [5, 5.41) is 23.0. The van der Waals surface area contributed by atoms with Crippen LogP contribution in [0.3, 0.4) is 0 Å². The lowest BCUT2D eigenvalue weighted by Gasteiger charge is -2.36. The first-order chi connectivity index (χ1) is 21.6. The number of hydrogen-bond donors (Lipinski definition) is 1. The van der Waals surface area contributed by atoms with Gasteiger partial charge in [0.1, 0.15) is 34.2 Å². The number of hydrogen-bond acceptors (Lipinski definition) is 10. The highest BCUT2D eigenvalue weighted by molar-refractivity contribution is 7.99. The van der Waals surface area contributed by atoms with E-state index in [9.17, 15) is 15.3 Å². The summed E-state index contributed by atoms with van der Waals surface area (Å²) in [6.45, 7) is 8.68. The molecule has 1 aliphatic heterocycles. The number of carbonyl (C=O) groups is 1. The average Bonchev–Trinajstić information content (AvgIpc) is 3.57. The van der Waals surface area contributed by atoms with Gasteiger partial charge in [-0.2, -0.15) is 10.5 Å². The molecule has 10 heteroatoms. The molecule has 0 saturated carbocycles. The number of carbonyl (C=O) groups excluding carboxylic acids is 1. The van der Waals surface area contributed by atoms with Gasteiger partial charge in [-0.05, 0) is 72.2 Å². The summed E-state index contributed by atoms with van der Waals surface area (Å²) in [5.74, 6) is 0.286. The molecule has 0 bridgehead atoms. The van der Waals surface area contributed by atoms with E-state index in [0.717, 1.165) is 52.3 Å². The molecule has 0 amide bonds. The first-order valence-corrected chi connectivity index (χ1v) is 16.7. The highest BCUT2D eigenvalue weighted by Crippen LogP contribution is 2.46. The number of benzene rings is 1. The second-order valence-electron chi connectivity index (χ2n) is 12.0. The van der Waals surface area contributed by atoms with Crippen LogP contribution in [0.25, 0.3) is 11.1 Å². The van der Waals surface area contributed by atoms with Crippen molar-refractivity contribution in [2.75, 3.05) is 19.5 Å². The minimum atomic E-state index is -0.713. The van der Waals surface area contributed by atoms with E-state index in [1.54, 1.807) is 14.0 Å². The highest BCUT2D eigenvalue weighted by Gasteiger charge is 2.39. The third-order valence-corrected chi connectivity index (χ3v) is 10.3. The fraction of sp³-hybridized carbons (Fsp3) is 0.371. The standard InChI is InChI=1S/C35H36N4O4S2/c1-6-42-34(40)31-27(43-32(38)24(17-36)30(31)28-8-7-15-44-28)19-45-33-25(18-37)29(20-9-12-22(41-5)13-10-20)23-16-21(35(2,3)4)11-14-26(23)39-33/h7-10,12-13,15,21,30H,6,11,14,16,19,38H2,1-5H3. The van der Waals surface area contributed by atoms with Crippen molar-refractivity contribution in [1.29, 1.82) is 10.5 Å². The lowest BCUT2D eigenvalue weighted by molar-refractivity contribution is -0.139. The average molecular weight is 641 g/mol. The summed E-state index contributed by atoms with van der Waals surface area (Å²) < 4.78 is 16.8. The second-order valence-corrected chi connectivity index (χ2v) is 14.0. The third-order valence-electron chi connectivity index (χ3n) is 8.41. The number of nitrogens with zero attached hydrogens (tertiary/aromatic N) is 3. The van der Waals surface area contributed by atoms with Gasteiger partial charge in [-0.1, -0.05) is 50.7 Å². The Hall–Kier alpha value is -4.25. The Bertz CT molecular complexity index is 1740. The maximum absolute atomic E-state index is 13.4. The van der Waals surface area contributed by atoms with Gasteiger partial charge >= 0.3 is 5.97 Å². The molecule has 2 aliphatic rings. The summed E-state index contributed by atoms with van der Waals surface area (Å²) in [6.07, 6.45) is 2.63. The second kappa shape index (κ2) is 13.4. The zero-order chi connectivity index (χ0) is 32.3. The number of esters is 1. The number of aryl methyl sites for hydroxylation is 1. The Morgan fingerprint density at radius 2 is 1.96 bits per heavy atom. The zero-order valence-electron chi connectivity index (χ0n) is 26.1. The van der Waals surface area contributed by atoms with Crippen molar-refractivity contribution in [3.8, 4) is 29.0 Å². The van der Waals surface area contributed by atoms with E-state index in [1.165, 1.54) is 23.1 Å². The molecule has 5 rings (SSSR count). The van der Waals surface area contributed by atoms with E-state index in [-0.39, 0.29) is 40.6 Å². The molecule has 3 heterocycles. The fourth-order valence-corrected chi connectivity index (χ4v) is 7.78. The Labute approximate surface area is 272 Å². The third kappa shape index (κ3) is 6.45. The summed E-state index contributed by atoms with van der Waals surface area (Å²) in [5.41, 5.74) is 11.1. The van der Waals surface area contributed by atoms with E-state index in [1.807, 2.05) is 41.8 Å². The predicted molar refractivity (Wildman–Crippen MR) is 175 cm³/mol. The minimum absolute atomic E-state index is 0.0504. The number of nitrogens with two attached hydrogens (primary N) is 1. The fourth-order valence-electron chi connectivity index (χ4n) is 5.99. The van der Waals surface area contributed by atoms with Gasteiger partial charge in [0, 0.05) is 16.1 Å². The number of fused-ring (bicyclic) bond motifs is 1. The smallest absolute Gasteiger partial charge is 0.338 e. The Balaban J connectivity index is 1.62. The monoisotopic (exact) mass is 640 g/mol. The van der Waals surface area contributed by atoms with Gasteiger partial charge in [-0.3, -0.25) is 0 Å². The minimum Gasteiger partial charge on any atom is -0.497 e. The zero-order valence-corrected chi connectivity index (χ0v) is 27.7. The summed E-state index contributed by atoms with van der Waals surface area (Å²) in [7, 11) is 1.63. The van der Waals surface area contributed by atoms with E-state index >= 15 is 0 Å². The molecule has 2 N–H and O–H groups in total. The van der Waals surface area contributed by atoms with Crippen LogP contribution in [0.5, 0.6) is 5.75 Å². The molecular formula is C35H36N4O4S2. The number of ether oxygens (including phenoxy) is 3. The number of aromatic nitrogens is 1. The van der Waals surface area contributed by atoms with Gasteiger partial charge in [0.05, 0.1) is 36.5 Å². The van der Waals surface area contributed by atoms with Gasteiger partial charge < -0.3 is 19.9 Å². The summed E-state index contributed by atoms with van der Waals surface area (Å²) >= 11 is 2.74.